The number of nitrogens with one attached hydrogen (secondary N) is 3. The van der Waals surface area contributed by atoms with E-state index in [1.807, 2.05) is 0 Å². The predicted octanol–water partition coefficient (Wildman–Crippen LogP) is 3.07. The quantitative estimate of drug-likeness (QED) is 0.187. The normalized spacial score (nSPS) is 14.6. The van der Waals surface area contributed by atoms with E-state index < -0.39 is 29.9 Å². The molecule has 0 unspecified atom stereocenters. The van der Waals surface area contributed by atoms with Crippen molar-refractivity contribution in [2.75, 3.05) is 27.9 Å². The van der Waals surface area contributed by atoms with Crippen LogP contribution in [0.25, 0.3) is 11.3 Å². The molecule has 2 aromatic carbocycles. The number of esters is 2. The topological polar surface area (TPSA) is 167 Å². The Morgan fingerprint density at radius 3 is 2.52 bits per heavy atom. The van der Waals surface area contributed by atoms with E-state index >= 15 is 0 Å². The SMILES string of the molecule is COC(=O)C1=C(C)NC(=O)N[C@@H]1c1ccc(OCC(=O)N/N=C\c2ccc(-c3cccc(C(=O)OC)c3)o2)c(OC)c1. The largest absolute Gasteiger partial charge is 0.493 e. The summed E-state index contributed by atoms with van der Waals surface area (Å²) in [5, 5.41) is 9.14. The van der Waals surface area contributed by atoms with E-state index in [9.17, 15) is 19.2 Å². The van der Waals surface area contributed by atoms with Crippen LogP contribution in [-0.4, -0.2) is 58.0 Å². The predicted molar refractivity (Wildman–Crippen MR) is 149 cm³/mol. The molecule has 1 atom stereocenters. The molecule has 218 valence electrons. The summed E-state index contributed by atoms with van der Waals surface area (Å²) in [4.78, 5) is 48.5. The van der Waals surface area contributed by atoms with Gasteiger partial charge in [0, 0.05) is 11.3 Å². The second-order valence-electron chi connectivity index (χ2n) is 8.83. The van der Waals surface area contributed by atoms with Crippen LogP contribution in [0, 0.1) is 0 Å². The molecule has 0 saturated carbocycles. The number of hydrogen-bond donors (Lipinski definition) is 3. The lowest BCUT2D eigenvalue weighted by Crippen LogP contribution is -2.45. The first-order valence-electron chi connectivity index (χ1n) is 12.5. The minimum Gasteiger partial charge on any atom is -0.493 e. The lowest BCUT2D eigenvalue weighted by atomic mass is 9.95. The van der Waals surface area contributed by atoms with E-state index in [4.69, 9.17) is 23.4 Å². The highest BCUT2D eigenvalue weighted by Gasteiger charge is 2.32. The molecule has 1 aliphatic rings. The number of urea groups is 1. The molecule has 3 aromatic rings. The first-order valence-corrected chi connectivity index (χ1v) is 12.5. The van der Waals surface area contributed by atoms with E-state index in [1.165, 1.54) is 27.5 Å². The highest BCUT2D eigenvalue weighted by atomic mass is 16.5. The summed E-state index contributed by atoms with van der Waals surface area (Å²) in [5.41, 5.74) is 4.55. The van der Waals surface area contributed by atoms with Crippen molar-refractivity contribution in [3.8, 4) is 22.8 Å². The van der Waals surface area contributed by atoms with Crippen LogP contribution in [0.4, 0.5) is 4.79 Å². The fourth-order valence-corrected chi connectivity index (χ4v) is 4.15. The zero-order valence-electron chi connectivity index (χ0n) is 23.2. The average Bonchev–Trinajstić information content (AvgIpc) is 3.47. The van der Waals surface area contributed by atoms with Gasteiger partial charge >= 0.3 is 18.0 Å². The smallest absolute Gasteiger partial charge is 0.337 e. The number of hydrogen-bond acceptors (Lipinski definition) is 10. The van der Waals surface area contributed by atoms with Gasteiger partial charge in [-0.2, -0.15) is 5.10 Å². The first kappa shape index (κ1) is 29.4. The van der Waals surface area contributed by atoms with Crippen molar-refractivity contribution < 1.29 is 42.5 Å². The third-order valence-electron chi connectivity index (χ3n) is 6.13. The van der Waals surface area contributed by atoms with Crippen LogP contribution in [0.5, 0.6) is 11.5 Å². The summed E-state index contributed by atoms with van der Waals surface area (Å²) in [6.45, 7) is 1.22. The van der Waals surface area contributed by atoms with Crippen molar-refractivity contribution >= 4 is 30.1 Å². The van der Waals surface area contributed by atoms with Crippen molar-refractivity contribution in [1.29, 1.82) is 0 Å². The lowest BCUT2D eigenvalue weighted by molar-refractivity contribution is -0.136. The summed E-state index contributed by atoms with van der Waals surface area (Å²) in [6, 6.07) is 13.7. The molecule has 13 nitrogen and oxygen atoms in total. The summed E-state index contributed by atoms with van der Waals surface area (Å²) in [7, 11) is 3.98. The number of rotatable bonds is 10. The Morgan fingerprint density at radius 2 is 1.79 bits per heavy atom. The third-order valence-corrected chi connectivity index (χ3v) is 6.13. The molecule has 0 saturated heterocycles. The molecule has 42 heavy (non-hydrogen) atoms. The standard InChI is InChI=1S/C29H28N4O9/c1-16-25(28(36)40-4)26(32-29(37)31-16)18-8-10-22(23(13-18)38-2)41-15-24(34)33-30-14-20-9-11-21(42-20)17-6-5-7-19(12-17)27(35)39-3/h5-14,26H,15H2,1-4H3,(H,33,34)(H2,31,32,37)/b30-14-/t26-/m1/s1. The van der Waals surface area contributed by atoms with Crippen LogP contribution < -0.4 is 25.5 Å². The van der Waals surface area contributed by atoms with Gasteiger partial charge < -0.3 is 34.0 Å². The molecule has 1 aliphatic heterocycles. The summed E-state index contributed by atoms with van der Waals surface area (Å²) in [6.07, 6.45) is 1.32. The second-order valence-corrected chi connectivity index (χ2v) is 8.83. The number of hydrazone groups is 1. The van der Waals surface area contributed by atoms with E-state index in [0.29, 0.717) is 33.9 Å². The Hall–Kier alpha value is -5.59. The molecule has 0 spiro atoms. The van der Waals surface area contributed by atoms with Gasteiger partial charge in [-0.25, -0.2) is 19.8 Å². The number of furan rings is 1. The van der Waals surface area contributed by atoms with E-state index in [-0.39, 0.29) is 23.7 Å². The fraction of sp³-hybridized carbons (Fsp3) is 0.207. The minimum absolute atomic E-state index is 0.239. The van der Waals surface area contributed by atoms with E-state index in [1.54, 1.807) is 61.5 Å². The van der Waals surface area contributed by atoms with Gasteiger partial charge in [0.25, 0.3) is 5.91 Å². The molecule has 3 N–H and O–H groups in total. The van der Waals surface area contributed by atoms with Gasteiger partial charge in [-0.05, 0) is 48.9 Å². The molecular formula is C29H28N4O9. The maximum Gasteiger partial charge on any atom is 0.337 e. The number of allylic oxidation sites excluding steroid dienone is 1. The Bertz CT molecular complexity index is 1570. The molecule has 0 aliphatic carbocycles. The van der Waals surface area contributed by atoms with E-state index in [2.05, 4.69) is 21.2 Å². The zero-order chi connectivity index (χ0) is 30.2. The van der Waals surface area contributed by atoms with Gasteiger partial charge in [0.1, 0.15) is 11.5 Å². The van der Waals surface area contributed by atoms with Gasteiger partial charge in [-0.3, -0.25) is 4.79 Å². The number of benzene rings is 2. The van der Waals surface area contributed by atoms with Gasteiger partial charge in [-0.1, -0.05) is 18.2 Å². The van der Waals surface area contributed by atoms with Crippen molar-refractivity contribution in [3.63, 3.8) is 0 Å². The Morgan fingerprint density at radius 1 is 1.00 bits per heavy atom. The summed E-state index contributed by atoms with van der Waals surface area (Å²) in [5.74, 6) is -0.205. The fourth-order valence-electron chi connectivity index (χ4n) is 4.15. The molecule has 3 amide bonds. The van der Waals surface area contributed by atoms with Crippen molar-refractivity contribution in [2.24, 2.45) is 5.10 Å². The molecule has 13 heteroatoms. The highest BCUT2D eigenvalue weighted by Crippen LogP contribution is 2.34. The monoisotopic (exact) mass is 576 g/mol. The third kappa shape index (κ3) is 6.75. The van der Waals surface area contributed by atoms with Gasteiger partial charge in [0.2, 0.25) is 0 Å². The molecule has 4 rings (SSSR count). The molecular weight excluding hydrogens is 548 g/mol. The van der Waals surface area contributed by atoms with Crippen molar-refractivity contribution in [3.05, 3.63) is 82.8 Å². The maximum absolute atomic E-state index is 12.4. The van der Waals surface area contributed by atoms with Crippen molar-refractivity contribution in [2.45, 2.75) is 13.0 Å². The zero-order valence-corrected chi connectivity index (χ0v) is 23.2. The molecule has 0 fully saturated rings. The Balaban J connectivity index is 1.37. The first-order chi connectivity index (χ1) is 20.2. The number of carbonyl (C=O) groups is 4. The number of methoxy groups -OCH3 is 3. The van der Waals surface area contributed by atoms with Crippen LogP contribution in [0.15, 0.2) is 75.4 Å². The lowest BCUT2D eigenvalue weighted by Gasteiger charge is -2.28. The number of amides is 3. The Kier molecular flexibility index (Phi) is 9.22. The number of carbonyl (C=O) groups excluding carboxylic acids is 4. The minimum atomic E-state index is -0.786. The van der Waals surface area contributed by atoms with Crippen LogP contribution >= 0.6 is 0 Å². The summed E-state index contributed by atoms with van der Waals surface area (Å²) < 4.78 is 26.3. The summed E-state index contributed by atoms with van der Waals surface area (Å²) >= 11 is 0. The van der Waals surface area contributed by atoms with Crippen LogP contribution in [0.2, 0.25) is 0 Å². The van der Waals surface area contributed by atoms with Gasteiger partial charge in [0.05, 0.1) is 44.7 Å². The number of nitrogens with zero attached hydrogens (tertiary/aromatic N) is 1. The average molecular weight is 577 g/mol. The number of ether oxygens (including phenoxy) is 4. The molecule has 1 aromatic heterocycles. The van der Waals surface area contributed by atoms with Gasteiger partial charge in [0.15, 0.2) is 18.1 Å². The molecule has 0 bridgehead atoms. The molecule has 2 heterocycles. The second kappa shape index (κ2) is 13.2. The van der Waals surface area contributed by atoms with Crippen LogP contribution in [-0.2, 0) is 19.1 Å². The highest BCUT2D eigenvalue weighted by molar-refractivity contribution is 5.95. The van der Waals surface area contributed by atoms with Gasteiger partial charge in [-0.15, -0.1) is 0 Å². The van der Waals surface area contributed by atoms with Crippen LogP contribution in [0.3, 0.4) is 0 Å². The van der Waals surface area contributed by atoms with Crippen molar-refractivity contribution in [1.82, 2.24) is 16.1 Å². The van der Waals surface area contributed by atoms with Crippen LogP contribution in [0.1, 0.15) is 34.6 Å². The molecule has 0 radical (unpaired) electrons. The maximum atomic E-state index is 12.4. The Labute approximate surface area is 240 Å². The van der Waals surface area contributed by atoms with E-state index in [0.717, 1.165) is 0 Å².